The molecule has 3 rings (SSSR count). The molecule has 3 aromatic rings. The lowest BCUT2D eigenvalue weighted by molar-refractivity contribution is -0.116. The number of anilines is 1. The molecule has 146 valence electrons. The van der Waals surface area contributed by atoms with Crippen LogP contribution in [0.15, 0.2) is 41.6 Å². The molecule has 0 aliphatic carbocycles. The highest BCUT2D eigenvalue weighted by atomic mass is 16.2. The molecule has 0 radical (unpaired) electrons. The third-order valence-corrected chi connectivity index (χ3v) is 4.47. The monoisotopic (exact) mass is 382 g/mol. The minimum atomic E-state index is -0.434. The Morgan fingerprint density at radius 3 is 2.75 bits per heavy atom. The maximum atomic E-state index is 12.5. The van der Waals surface area contributed by atoms with E-state index in [-0.39, 0.29) is 24.1 Å². The van der Waals surface area contributed by atoms with Gasteiger partial charge in [-0.15, -0.1) is 0 Å². The molecule has 1 atom stereocenters. The second-order valence-electron chi connectivity index (χ2n) is 6.56. The first-order valence-corrected chi connectivity index (χ1v) is 8.97. The minimum absolute atomic E-state index is 0.0205. The van der Waals surface area contributed by atoms with Gasteiger partial charge in [0, 0.05) is 13.1 Å². The number of carbonyl (C=O) groups is 2. The van der Waals surface area contributed by atoms with E-state index >= 15 is 0 Å². The number of nitrogens with one attached hydrogen (secondary N) is 2. The van der Waals surface area contributed by atoms with Gasteiger partial charge in [0.2, 0.25) is 5.91 Å². The first kappa shape index (κ1) is 19.3. The number of hydrogen-bond acceptors (Lipinski definition) is 5. The van der Waals surface area contributed by atoms with Gasteiger partial charge in [-0.25, -0.2) is 4.98 Å². The van der Waals surface area contributed by atoms with Crippen LogP contribution in [0.1, 0.15) is 30.6 Å². The predicted octanol–water partition coefficient (Wildman–Crippen LogP) is 1.30. The average Bonchev–Trinajstić information content (AvgIpc) is 3.06. The average molecular weight is 382 g/mol. The molecule has 2 heterocycles. The lowest BCUT2D eigenvalue weighted by Gasteiger charge is -2.15. The fourth-order valence-electron chi connectivity index (χ4n) is 2.72. The number of rotatable bonds is 6. The quantitative estimate of drug-likeness (QED) is 0.667. The van der Waals surface area contributed by atoms with Gasteiger partial charge in [0.25, 0.3) is 11.5 Å². The molecule has 0 aliphatic heterocycles. The Hall–Kier alpha value is -3.49. The Bertz CT molecular complexity index is 1080. The van der Waals surface area contributed by atoms with Crippen molar-refractivity contribution in [2.45, 2.75) is 32.9 Å². The summed E-state index contributed by atoms with van der Waals surface area (Å²) in [4.78, 5) is 41.6. The van der Waals surface area contributed by atoms with E-state index in [9.17, 15) is 14.4 Å². The van der Waals surface area contributed by atoms with Crippen LogP contribution in [0.3, 0.4) is 0 Å². The smallest absolute Gasteiger partial charge is 0.264 e. The highest BCUT2D eigenvalue weighted by Crippen LogP contribution is 2.15. The van der Waals surface area contributed by atoms with Crippen LogP contribution in [-0.4, -0.2) is 37.2 Å². The van der Waals surface area contributed by atoms with Crippen molar-refractivity contribution < 1.29 is 9.59 Å². The van der Waals surface area contributed by atoms with Crippen LogP contribution < -0.4 is 16.2 Å². The van der Waals surface area contributed by atoms with Crippen LogP contribution in [0.5, 0.6) is 0 Å². The summed E-state index contributed by atoms with van der Waals surface area (Å²) in [6.07, 6.45) is 3.54. The fourth-order valence-corrected chi connectivity index (χ4v) is 2.72. The normalized spacial score (nSPS) is 12.0. The Kier molecular flexibility index (Phi) is 5.53. The molecule has 0 bridgehead atoms. The van der Waals surface area contributed by atoms with E-state index in [1.165, 1.54) is 21.8 Å². The number of aromatic nitrogens is 4. The number of aryl methyl sites for hydroxylation is 1. The third kappa shape index (κ3) is 3.93. The van der Waals surface area contributed by atoms with E-state index in [0.29, 0.717) is 22.3 Å². The zero-order valence-corrected chi connectivity index (χ0v) is 16.0. The first-order valence-electron chi connectivity index (χ1n) is 8.97. The van der Waals surface area contributed by atoms with E-state index in [0.717, 1.165) is 6.42 Å². The Morgan fingerprint density at radius 1 is 1.25 bits per heavy atom. The summed E-state index contributed by atoms with van der Waals surface area (Å²) in [7, 11) is 1.69. The summed E-state index contributed by atoms with van der Waals surface area (Å²) in [5, 5.41) is 9.92. The summed E-state index contributed by atoms with van der Waals surface area (Å²) in [6.45, 7) is 3.66. The zero-order chi connectivity index (χ0) is 20.3. The van der Waals surface area contributed by atoms with Crippen molar-refractivity contribution in [3.8, 4) is 0 Å². The summed E-state index contributed by atoms with van der Waals surface area (Å²) in [6, 6.07) is 6.77. The SMILES string of the molecule is CCC(C)NC(=O)c1ccccc1NC(=O)Cn1cnc2c(cnn2C)c1=O. The van der Waals surface area contributed by atoms with Gasteiger partial charge in [0.05, 0.1) is 17.4 Å². The number of carbonyl (C=O) groups excluding carboxylic acids is 2. The van der Waals surface area contributed by atoms with Crippen molar-refractivity contribution in [2.75, 3.05) is 5.32 Å². The predicted molar refractivity (Wildman–Crippen MR) is 105 cm³/mol. The molecule has 0 spiro atoms. The van der Waals surface area contributed by atoms with Crippen molar-refractivity contribution in [1.82, 2.24) is 24.6 Å². The van der Waals surface area contributed by atoms with Crippen LogP contribution in [0.25, 0.3) is 11.0 Å². The van der Waals surface area contributed by atoms with Crippen LogP contribution in [0.4, 0.5) is 5.69 Å². The summed E-state index contributed by atoms with van der Waals surface area (Å²) >= 11 is 0. The van der Waals surface area contributed by atoms with E-state index < -0.39 is 5.91 Å². The Balaban J connectivity index is 1.78. The van der Waals surface area contributed by atoms with Crippen LogP contribution in [-0.2, 0) is 18.4 Å². The number of nitrogens with zero attached hydrogens (tertiary/aromatic N) is 4. The van der Waals surface area contributed by atoms with E-state index in [1.54, 1.807) is 31.3 Å². The number of amides is 2. The van der Waals surface area contributed by atoms with Gasteiger partial charge >= 0.3 is 0 Å². The summed E-state index contributed by atoms with van der Waals surface area (Å²) in [5.41, 5.74) is 0.853. The second-order valence-corrected chi connectivity index (χ2v) is 6.56. The van der Waals surface area contributed by atoms with Gasteiger partial charge in [-0.1, -0.05) is 19.1 Å². The van der Waals surface area contributed by atoms with E-state index in [2.05, 4.69) is 20.7 Å². The number of fused-ring (bicyclic) bond motifs is 1. The van der Waals surface area contributed by atoms with Gasteiger partial charge in [-0.05, 0) is 25.5 Å². The molecule has 0 fully saturated rings. The van der Waals surface area contributed by atoms with Crippen LogP contribution in [0, 0.1) is 0 Å². The van der Waals surface area contributed by atoms with E-state index in [1.807, 2.05) is 13.8 Å². The lowest BCUT2D eigenvalue weighted by Crippen LogP contribution is -2.33. The molecule has 0 saturated carbocycles. The highest BCUT2D eigenvalue weighted by Gasteiger charge is 2.16. The second kappa shape index (κ2) is 8.03. The molecule has 2 amide bonds. The number of para-hydroxylation sites is 1. The van der Waals surface area contributed by atoms with Crippen LogP contribution in [0.2, 0.25) is 0 Å². The Morgan fingerprint density at radius 2 is 2.00 bits per heavy atom. The van der Waals surface area contributed by atoms with E-state index in [4.69, 9.17) is 0 Å². The Labute approximate surface area is 161 Å². The molecular weight excluding hydrogens is 360 g/mol. The van der Waals surface area contributed by atoms with Gasteiger partial charge in [-0.2, -0.15) is 5.10 Å². The van der Waals surface area contributed by atoms with Gasteiger partial charge < -0.3 is 10.6 Å². The topological polar surface area (TPSA) is 111 Å². The molecule has 28 heavy (non-hydrogen) atoms. The van der Waals surface area contributed by atoms with Crippen LogP contribution >= 0.6 is 0 Å². The van der Waals surface area contributed by atoms with Crippen molar-refractivity contribution in [3.63, 3.8) is 0 Å². The van der Waals surface area contributed by atoms with Gasteiger partial charge in [0.15, 0.2) is 5.65 Å². The molecule has 1 aromatic carbocycles. The summed E-state index contributed by atoms with van der Waals surface area (Å²) < 4.78 is 2.70. The molecule has 9 heteroatoms. The molecule has 0 aliphatic rings. The standard InChI is InChI=1S/C19H22N6O3/c1-4-12(2)22-18(27)13-7-5-6-8-15(13)23-16(26)10-25-11-20-17-14(19(25)28)9-21-24(17)3/h5-9,11-12H,4,10H2,1-3H3,(H,22,27)(H,23,26). The zero-order valence-electron chi connectivity index (χ0n) is 16.0. The van der Waals surface area contributed by atoms with Crippen molar-refractivity contribution >= 4 is 28.5 Å². The van der Waals surface area contributed by atoms with Crippen molar-refractivity contribution in [3.05, 3.63) is 52.7 Å². The maximum absolute atomic E-state index is 12.5. The third-order valence-electron chi connectivity index (χ3n) is 4.47. The minimum Gasteiger partial charge on any atom is -0.350 e. The molecular formula is C19H22N6O3. The maximum Gasteiger partial charge on any atom is 0.264 e. The van der Waals surface area contributed by atoms with Crippen molar-refractivity contribution in [2.24, 2.45) is 7.05 Å². The molecule has 2 N–H and O–H groups in total. The molecule has 0 saturated heterocycles. The fraction of sp³-hybridized carbons (Fsp3) is 0.316. The number of benzene rings is 1. The van der Waals surface area contributed by atoms with Gasteiger partial charge in [-0.3, -0.25) is 23.6 Å². The molecule has 1 unspecified atom stereocenters. The largest absolute Gasteiger partial charge is 0.350 e. The summed E-state index contributed by atoms with van der Waals surface area (Å²) in [5.74, 6) is -0.697. The number of hydrogen-bond donors (Lipinski definition) is 2. The van der Waals surface area contributed by atoms with Crippen molar-refractivity contribution in [1.29, 1.82) is 0 Å². The first-order chi connectivity index (χ1) is 13.4. The van der Waals surface area contributed by atoms with Gasteiger partial charge in [0.1, 0.15) is 18.3 Å². The molecule has 2 aromatic heterocycles. The lowest BCUT2D eigenvalue weighted by atomic mass is 10.1. The highest BCUT2D eigenvalue weighted by molar-refractivity contribution is 6.03. The molecule has 9 nitrogen and oxygen atoms in total.